The lowest BCUT2D eigenvalue weighted by atomic mass is 10.1. The molecular formula is C27H24F2N6O. The second-order valence-electron chi connectivity index (χ2n) is 8.10. The first kappa shape index (κ1) is 23.3. The molecule has 3 heterocycles. The Balaban J connectivity index is 1.57. The minimum atomic E-state index is -0.687. The Bertz CT molecular complexity index is 1500. The van der Waals surface area contributed by atoms with Crippen LogP contribution in [0.15, 0.2) is 67.0 Å². The molecule has 9 heteroatoms. The monoisotopic (exact) mass is 486 g/mol. The zero-order valence-electron chi connectivity index (χ0n) is 19.9. The molecule has 0 aliphatic carbocycles. The van der Waals surface area contributed by atoms with E-state index in [2.05, 4.69) is 10.3 Å². The van der Waals surface area contributed by atoms with Crippen LogP contribution >= 0.6 is 0 Å². The van der Waals surface area contributed by atoms with Crippen LogP contribution in [0.2, 0.25) is 0 Å². The maximum Gasteiger partial charge on any atom is 0.182 e. The molecular weight excluding hydrogens is 462 g/mol. The third kappa shape index (κ3) is 4.72. The van der Waals surface area contributed by atoms with Crippen LogP contribution in [-0.2, 0) is 13.0 Å². The summed E-state index contributed by atoms with van der Waals surface area (Å²) in [5.74, 6) is -0.180. The maximum absolute atomic E-state index is 14.8. The number of aryl methyl sites for hydroxylation is 1. The van der Waals surface area contributed by atoms with Crippen molar-refractivity contribution in [1.82, 2.24) is 24.7 Å². The van der Waals surface area contributed by atoms with Crippen LogP contribution in [0, 0.1) is 11.6 Å². The SMILES string of the molecule is CCOc1cc(F)c(Cn2nc(-c3nc(CC)cc(Nc4ccncc4)n3)c3ccccc32)c(F)c1. The Morgan fingerprint density at radius 1 is 0.944 bits per heavy atom. The number of rotatable bonds is 8. The zero-order valence-corrected chi connectivity index (χ0v) is 19.9. The van der Waals surface area contributed by atoms with Crippen molar-refractivity contribution in [3.63, 3.8) is 0 Å². The van der Waals surface area contributed by atoms with Crippen molar-refractivity contribution in [2.75, 3.05) is 11.9 Å². The first-order valence-electron chi connectivity index (χ1n) is 11.7. The third-order valence-corrected chi connectivity index (χ3v) is 5.70. The predicted molar refractivity (Wildman–Crippen MR) is 134 cm³/mol. The second-order valence-corrected chi connectivity index (χ2v) is 8.10. The lowest BCUT2D eigenvalue weighted by molar-refractivity contribution is 0.335. The van der Waals surface area contributed by atoms with Gasteiger partial charge in [-0.2, -0.15) is 5.10 Å². The molecule has 2 aromatic carbocycles. The quantitative estimate of drug-likeness (QED) is 0.293. The number of nitrogens with one attached hydrogen (secondary N) is 1. The topological polar surface area (TPSA) is 77.8 Å². The molecule has 1 N–H and O–H groups in total. The number of fused-ring (bicyclic) bond motifs is 1. The number of nitrogens with zero attached hydrogens (tertiary/aromatic N) is 5. The number of benzene rings is 2. The van der Waals surface area contributed by atoms with Gasteiger partial charge in [-0.15, -0.1) is 0 Å². The molecule has 0 saturated carbocycles. The predicted octanol–water partition coefficient (Wildman–Crippen LogP) is 5.92. The van der Waals surface area contributed by atoms with E-state index in [0.717, 1.165) is 16.8 Å². The highest BCUT2D eigenvalue weighted by Gasteiger charge is 2.19. The van der Waals surface area contributed by atoms with E-state index in [-0.39, 0.29) is 17.9 Å². The van der Waals surface area contributed by atoms with E-state index in [1.54, 1.807) is 24.0 Å². The zero-order chi connectivity index (χ0) is 25.1. The van der Waals surface area contributed by atoms with Gasteiger partial charge in [-0.3, -0.25) is 9.67 Å². The van der Waals surface area contributed by atoms with Crippen molar-refractivity contribution in [3.05, 3.63) is 89.9 Å². The van der Waals surface area contributed by atoms with Crippen molar-refractivity contribution in [1.29, 1.82) is 0 Å². The van der Waals surface area contributed by atoms with Gasteiger partial charge in [-0.05, 0) is 31.5 Å². The Morgan fingerprint density at radius 2 is 1.69 bits per heavy atom. The van der Waals surface area contributed by atoms with Gasteiger partial charge >= 0.3 is 0 Å². The summed E-state index contributed by atoms with van der Waals surface area (Å²) in [5, 5.41) is 8.77. The summed E-state index contributed by atoms with van der Waals surface area (Å²) in [6.07, 6.45) is 4.08. The second kappa shape index (κ2) is 10.1. The van der Waals surface area contributed by atoms with Gasteiger partial charge in [-0.1, -0.05) is 25.1 Å². The largest absolute Gasteiger partial charge is 0.494 e. The number of aromatic nitrogens is 5. The minimum Gasteiger partial charge on any atom is -0.494 e. The average Bonchev–Trinajstić information content (AvgIpc) is 3.25. The summed E-state index contributed by atoms with van der Waals surface area (Å²) in [6, 6.07) is 15.5. The van der Waals surface area contributed by atoms with Crippen molar-refractivity contribution in [2.24, 2.45) is 0 Å². The smallest absolute Gasteiger partial charge is 0.182 e. The highest BCUT2D eigenvalue weighted by atomic mass is 19.1. The maximum atomic E-state index is 14.8. The summed E-state index contributed by atoms with van der Waals surface area (Å²) >= 11 is 0. The molecule has 0 spiro atoms. The molecule has 36 heavy (non-hydrogen) atoms. The summed E-state index contributed by atoms with van der Waals surface area (Å²) in [6.45, 7) is 3.99. The summed E-state index contributed by atoms with van der Waals surface area (Å²) in [7, 11) is 0. The average molecular weight is 487 g/mol. The fourth-order valence-electron chi connectivity index (χ4n) is 3.98. The molecule has 0 amide bonds. The van der Waals surface area contributed by atoms with Crippen molar-refractivity contribution >= 4 is 22.4 Å². The van der Waals surface area contributed by atoms with Crippen molar-refractivity contribution in [2.45, 2.75) is 26.8 Å². The minimum absolute atomic E-state index is 0.0958. The highest BCUT2D eigenvalue weighted by Crippen LogP contribution is 2.29. The van der Waals surface area contributed by atoms with Gasteiger partial charge in [-0.25, -0.2) is 18.7 Å². The van der Waals surface area contributed by atoms with E-state index in [1.807, 2.05) is 49.4 Å². The Kier molecular flexibility index (Phi) is 6.53. The van der Waals surface area contributed by atoms with Gasteiger partial charge in [0.25, 0.3) is 0 Å². The van der Waals surface area contributed by atoms with Crippen molar-refractivity contribution in [3.8, 4) is 17.3 Å². The Morgan fingerprint density at radius 3 is 2.42 bits per heavy atom. The highest BCUT2D eigenvalue weighted by molar-refractivity contribution is 5.91. The molecule has 5 rings (SSSR count). The number of anilines is 2. The first-order chi connectivity index (χ1) is 17.6. The number of hydrogen-bond acceptors (Lipinski definition) is 6. The van der Waals surface area contributed by atoms with Crippen LogP contribution in [-0.4, -0.2) is 31.3 Å². The molecule has 5 aromatic rings. The van der Waals surface area contributed by atoms with E-state index in [4.69, 9.17) is 19.8 Å². The van der Waals surface area contributed by atoms with Crippen LogP contribution in [0.5, 0.6) is 5.75 Å². The number of hydrogen-bond donors (Lipinski definition) is 1. The van der Waals surface area contributed by atoms with Gasteiger partial charge in [0.1, 0.15) is 28.9 Å². The molecule has 0 aliphatic rings. The van der Waals surface area contributed by atoms with Gasteiger partial charge in [0.05, 0.1) is 18.7 Å². The molecule has 0 fully saturated rings. The van der Waals surface area contributed by atoms with Gasteiger partial charge in [0, 0.05) is 52.9 Å². The van der Waals surface area contributed by atoms with E-state index in [0.29, 0.717) is 35.9 Å². The van der Waals surface area contributed by atoms with E-state index in [1.165, 1.54) is 12.1 Å². The van der Waals surface area contributed by atoms with Crippen LogP contribution in [0.25, 0.3) is 22.4 Å². The van der Waals surface area contributed by atoms with Gasteiger partial charge < -0.3 is 10.1 Å². The summed E-state index contributed by atoms with van der Waals surface area (Å²) in [4.78, 5) is 13.4. The fourth-order valence-corrected chi connectivity index (χ4v) is 3.98. The standard InChI is InChI=1S/C27H24F2N6O/c1-3-17-13-25(31-18-9-11-30-12-10-18)33-27(32-17)26-20-7-5-6-8-24(20)35(34-26)16-21-22(28)14-19(36-4-2)15-23(21)29/h5-15H,3-4,16H2,1-2H3,(H,30,31,32,33). The summed E-state index contributed by atoms with van der Waals surface area (Å²) < 4.78 is 36.4. The Hall–Kier alpha value is -4.40. The normalized spacial score (nSPS) is 11.1. The van der Waals surface area contributed by atoms with Crippen molar-refractivity contribution < 1.29 is 13.5 Å². The molecule has 0 radical (unpaired) electrons. The molecule has 0 bridgehead atoms. The number of halogens is 2. The molecule has 0 aliphatic heterocycles. The lowest BCUT2D eigenvalue weighted by Gasteiger charge is -2.10. The van der Waals surface area contributed by atoms with E-state index >= 15 is 0 Å². The number of para-hydroxylation sites is 1. The van der Waals surface area contributed by atoms with Gasteiger partial charge in [0.2, 0.25) is 0 Å². The van der Waals surface area contributed by atoms with Crippen LogP contribution < -0.4 is 10.1 Å². The molecule has 0 unspecified atom stereocenters. The fraction of sp³-hybridized carbons (Fsp3) is 0.185. The lowest BCUT2D eigenvalue weighted by Crippen LogP contribution is -2.07. The third-order valence-electron chi connectivity index (χ3n) is 5.70. The summed E-state index contributed by atoms with van der Waals surface area (Å²) in [5.41, 5.74) is 2.83. The van der Waals surface area contributed by atoms with Crippen LogP contribution in [0.3, 0.4) is 0 Å². The van der Waals surface area contributed by atoms with Gasteiger partial charge in [0.15, 0.2) is 5.82 Å². The van der Waals surface area contributed by atoms with Crippen LogP contribution in [0.1, 0.15) is 25.1 Å². The van der Waals surface area contributed by atoms with E-state index in [9.17, 15) is 8.78 Å². The number of ether oxygens (including phenoxy) is 1. The first-order valence-corrected chi connectivity index (χ1v) is 11.7. The molecule has 182 valence electrons. The van der Waals surface area contributed by atoms with Crippen LogP contribution in [0.4, 0.5) is 20.3 Å². The molecule has 3 aromatic heterocycles. The Labute approximate surface area is 206 Å². The van der Waals surface area contributed by atoms with E-state index < -0.39 is 11.6 Å². The molecule has 7 nitrogen and oxygen atoms in total. The number of pyridine rings is 1. The molecule has 0 atom stereocenters. The molecule has 0 saturated heterocycles.